The van der Waals surface area contributed by atoms with Gasteiger partial charge in [0, 0.05) is 76.1 Å². The fraction of sp³-hybridized carbons (Fsp3) is 0.412. The van der Waals surface area contributed by atoms with Crippen molar-refractivity contribution in [2.75, 3.05) is 50.1 Å². The quantitative estimate of drug-likeness (QED) is 0.305. The smallest absolute Gasteiger partial charge is 0.319 e. The molecule has 2 fully saturated rings. The van der Waals surface area contributed by atoms with Gasteiger partial charge in [0.1, 0.15) is 40.8 Å². The Hall–Kier alpha value is -4.38. The molecule has 0 saturated carbocycles. The van der Waals surface area contributed by atoms with Crippen LogP contribution in [-0.2, 0) is 13.1 Å². The number of anilines is 2. The van der Waals surface area contributed by atoms with Crippen LogP contribution in [0.2, 0.25) is 0 Å². The van der Waals surface area contributed by atoms with Crippen LogP contribution in [0.25, 0.3) is 32.9 Å². The van der Waals surface area contributed by atoms with E-state index in [1.54, 1.807) is 29.3 Å². The van der Waals surface area contributed by atoms with Crippen LogP contribution in [0.3, 0.4) is 0 Å². The summed E-state index contributed by atoms with van der Waals surface area (Å²) >= 11 is 0. The van der Waals surface area contributed by atoms with Gasteiger partial charge in [0.05, 0.1) is 30.7 Å². The third kappa shape index (κ3) is 4.75. The number of hydrogen-bond acceptors (Lipinski definition) is 7. The molecule has 0 spiro atoms. The van der Waals surface area contributed by atoms with Crippen molar-refractivity contribution in [3.63, 3.8) is 0 Å². The molecule has 0 amide bonds. The highest BCUT2D eigenvalue weighted by atomic mass is 19.1. The van der Waals surface area contributed by atoms with Crippen molar-refractivity contribution in [3.05, 3.63) is 66.0 Å². The Bertz CT molecular complexity index is 1910. The summed E-state index contributed by atoms with van der Waals surface area (Å²) in [5, 5.41) is 6.28. The number of quaternary nitrogens is 1. The number of aromatic nitrogens is 5. The molecule has 8 rings (SSSR count). The van der Waals surface area contributed by atoms with Crippen LogP contribution in [0.5, 0.6) is 6.01 Å². The minimum Gasteiger partial charge on any atom is -0.457 e. The van der Waals surface area contributed by atoms with Gasteiger partial charge < -0.3 is 19.4 Å². The van der Waals surface area contributed by atoms with Crippen LogP contribution < -0.4 is 19.4 Å². The predicted molar refractivity (Wildman–Crippen MR) is 170 cm³/mol. The van der Waals surface area contributed by atoms with Crippen molar-refractivity contribution < 1.29 is 18.4 Å². The lowest BCUT2D eigenvalue weighted by Crippen LogP contribution is -3.16. The maximum atomic E-state index is 16.7. The van der Waals surface area contributed by atoms with Crippen molar-refractivity contribution in [1.82, 2.24) is 24.7 Å². The highest BCUT2D eigenvalue weighted by Gasteiger charge is 2.49. The molecular formula is C34H37F2N8O+. The van der Waals surface area contributed by atoms with Gasteiger partial charge in [-0.15, -0.1) is 0 Å². The first-order valence-electron chi connectivity index (χ1n) is 15.9. The maximum absolute atomic E-state index is 16.7. The van der Waals surface area contributed by atoms with Crippen molar-refractivity contribution in [3.8, 4) is 17.3 Å². The van der Waals surface area contributed by atoms with Crippen LogP contribution in [0.15, 0.2) is 48.7 Å². The monoisotopic (exact) mass is 611 g/mol. The van der Waals surface area contributed by atoms with Crippen molar-refractivity contribution in [1.29, 1.82) is 0 Å². The van der Waals surface area contributed by atoms with Gasteiger partial charge in [-0.25, -0.2) is 8.78 Å². The second-order valence-corrected chi connectivity index (χ2v) is 12.9. The van der Waals surface area contributed by atoms with Crippen LogP contribution >= 0.6 is 0 Å². The minimum absolute atomic E-state index is 0.0548. The average Bonchev–Trinajstić information content (AvgIpc) is 3.71. The standard InChI is InChI=1S/C34H36F2N8O/c1-41(2)27-18-23-20-42(14-7-17-44(23)40-27)32-25-19-37-30(24-10-3-8-22-9-4-11-26(35)28(22)24)29(36)31(25)38-33(39-32)45-21-34-12-5-15-43(34)16-6-13-34/h3-4,8-11,18-19H,5-7,12-17,20-21H2,1-2H3/p+1. The molecule has 0 radical (unpaired) electrons. The number of pyridine rings is 1. The van der Waals surface area contributed by atoms with Gasteiger partial charge >= 0.3 is 6.01 Å². The van der Waals surface area contributed by atoms with Gasteiger partial charge in [0.25, 0.3) is 0 Å². The van der Waals surface area contributed by atoms with E-state index in [0.717, 1.165) is 50.4 Å². The topological polar surface area (TPSA) is 76.6 Å². The van der Waals surface area contributed by atoms with Gasteiger partial charge in [0.2, 0.25) is 0 Å². The second kappa shape index (κ2) is 10.9. The van der Waals surface area contributed by atoms with Gasteiger partial charge in [-0.3, -0.25) is 9.67 Å². The van der Waals surface area contributed by atoms with E-state index in [9.17, 15) is 0 Å². The molecule has 9 nitrogen and oxygen atoms in total. The number of halogens is 2. The van der Waals surface area contributed by atoms with Crippen LogP contribution in [0.4, 0.5) is 20.4 Å². The fourth-order valence-corrected chi connectivity index (χ4v) is 7.72. The van der Waals surface area contributed by atoms with Crippen LogP contribution in [0.1, 0.15) is 37.8 Å². The molecule has 0 atom stereocenters. The number of nitrogens with zero attached hydrogens (tertiary/aromatic N) is 7. The number of benzene rings is 2. The van der Waals surface area contributed by atoms with E-state index >= 15 is 8.78 Å². The average molecular weight is 612 g/mol. The summed E-state index contributed by atoms with van der Waals surface area (Å²) in [6.45, 7) is 4.85. The third-order valence-corrected chi connectivity index (χ3v) is 10.0. The summed E-state index contributed by atoms with van der Waals surface area (Å²) in [5.74, 6) is 0.438. The van der Waals surface area contributed by atoms with E-state index in [2.05, 4.69) is 20.9 Å². The molecule has 0 unspecified atom stereocenters. The van der Waals surface area contributed by atoms with E-state index in [1.165, 1.54) is 18.9 Å². The number of aryl methyl sites for hydroxylation is 1. The molecule has 11 heteroatoms. The molecule has 2 saturated heterocycles. The molecule has 45 heavy (non-hydrogen) atoms. The molecule has 3 aromatic heterocycles. The normalized spacial score (nSPS) is 21.2. The first-order valence-corrected chi connectivity index (χ1v) is 15.9. The maximum Gasteiger partial charge on any atom is 0.319 e. The highest BCUT2D eigenvalue weighted by Crippen LogP contribution is 2.37. The van der Waals surface area contributed by atoms with E-state index in [4.69, 9.17) is 14.8 Å². The van der Waals surface area contributed by atoms with Crippen molar-refractivity contribution in [2.24, 2.45) is 0 Å². The highest BCUT2D eigenvalue weighted by molar-refractivity contribution is 5.99. The molecule has 0 bridgehead atoms. The zero-order valence-electron chi connectivity index (χ0n) is 25.7. The number of fused-ring (bicyclic) bond motifs is 4. The molecular weight excluding hydrogens is 574 g/mol. The number of hydrogen-bond donors (Lipinski definition) is 1. The number of nitrogens with one attached hydrogen (secondary N) is 1. The number of rotatable bonds is 6. The molecule has 2 aromatic carbocycles. The molecule has 232 valence electrons. The Morgan fingerprint density at radius 1 is 1.00 bits per heavy atom. The Morgan fingerprint density at radius 2 is 1.80 bits per heavy atom. The van der Waals surface area contributed by atoms with Crippen LogP contribution in [-0.4, -0.2) is 70.6 Å². The lowest BCUT2D eigenvalue weighted by Gasteiger charge is -2.28. The first kappa shape index (κ1) is 28.1. The molecule has 5 aromatic rings. The number of ether oxygens (including phenoxy) is 1. The summed E-state index contributed by atoms with van der Waals surface area (Å²) < 4.78 is 40.3. The first-order chi connectivity index (χ1) is 21.9. The zero-order valence-corrected chi connectivity index (χ0v) is 25.7. The summed E-state index contributed by atoms with van der Waals surface area (Å²) in [5.41, 5.74) is 1.69. The van der Waals surface area contributed by atoms with Gasteiger partial charge in [-0.05, 0) is 17.9 Å². The summed E-state index contributed by atoms with van der Waals surface area (Å²) in [7, 11) is 3.96. The van der Waals surface area contributed by atoms with E-state index < -0.39 is 11.6 Å². The third-order valence-electron chi connectivity index (χ3n) is 10.0. The minimum atomic E-state index is -0.612. The molecule has 6 heterocycles. The van der Waals surface area contributed by atoms with Crippen LogP contribution in [0, 0.1) is 11.6 Å². The van der Waals surface area contributed by atoms with E-state index in [-0.39, 0.29) is 22.8 Å². The van der Waals surface area contributed by atoms with Gasteiger partial charge in [-0.1, -0.05) is 30.3 Å². The molecule has 0 aliphatic carbocycles. The summed E-state index contributed by atoms with van der Waals surface area (Å²) in [6.07, 6.45) is 7.06. The lowest BCUT2D eigenvalue weighted by atomic mass is 9.95. The molecule has 3 aliphatic heterocycles. The zero-order chi connectivity index (χ0) is 30.7. The second-order valence-electron chi connectivity index (χ2n) is 12.9. The van der Waals surface area contributed by atoms with Gasteiger partial charge in [-0.2, -0.15) is 15.1 Å². The largest absolute Gasteiger partial charge is 0.457 e. The van der Waals surface area contributed by atoms with Gasteiger partial charge in [0.15, 0.2) is 5.82 Å². The summed E-state index contributed by atoms with van der Waals surface area (Å²) in [4.78, 5) is 19.9. The fourth-order valence-electron chi connectivity index (χ4n) is 7.72. The Balaban J connectivity index is 1.25. The Labute approximate surface area is 260 Å². The van der Waals surface area contributed by atoms with Crippen molar-refractivity contribution >= 4 is 33.3 Å². The van der Waals surface area contributed by atoms with E-state index in [1.807, 2.05) is 35.8 Å². The van der Waals surface area contributed by atoms with E-state index in [0.29, 0.717) is 47.2 Å². The Morgan fingerprint density at radius 3 is 2.60 bits per heavy atom. The van der Waals surface area contributed by atoms with Crippen molar-refractivity contribution in [2.45, 2.75) is 50.7 Å². The lowest BCUT2D eigenvalue weighted by molar-refractivity contribution is -0.925. The predicted octanol–water partition coefficient (Wildman–Crippen LogP) is 4.39. The Kier molecular flexibility index (Phi) is 6.81. The molecule has 1 N–H and O–H groups in total. The molecule has 3 aliphatic rings. The summed E-state index contributed by atoms with van der Waals surface area (Å²) in [6, 6.07) is 12.4. The SMILES string of the molecule is CN(C)c1cc2n(n1)CCCN(c1nc(OCC34CCC[NH+]3CCC4)nc3c(F)c(-c4cccc5cccc(F)c45)ncc13)C2.